The average Bonchev–Trinajstić information content (AvgIpc) is 2.38. The Kier molecular flexibility index (Phi) is 3.89. The van der Waals surface area contributed by atoms with Gasteiger partial charge in [-0.25, -0.2) is 8.78 Å². The van der Waals surface area contributed by atoms with Crippen molar-refractivity contribution >= 4 is 0 Å². The summed E-state index contributed by atoms with van der Waals surface area (Å²) in [6, 6.07) is 11.4. The van der Waals surface area contributed by atoms with Crippen molar-refractivity contribution in [1.82, 2.24) is 0 Å². The SMILES string of the molecule is OC(COc1ccccc1F)c1ccc(F)cc1. The van der Waals surface area contributed by atoms with Gasteiger partial charge in [0.05, 0.1) is 0 Å². The van der Waals surface area contributed by atoms with Gasteiger partial charge in [-0.15, -0.1) is 0 Å². The van der Waals surface area contributed by atoms with E-state index in [1.807, 2.05) is 0 Å². The number of halogens is 2. The Morgan fingerprint density at radius 3 is 2.33 bits per heavy atom. The molecule has 0 aromatic heterocycles. The largest absolute Gasteiger partial charge is 0.487 e. The highest BCUT2D eigenvalue weighted by Crippen LogP contribution is 2.19. The maximum Gasteiger partial charge on any atom is 0.165 e. The molecule has 2 rings (SSSR count). The number of para-hydroxylation sites is 1. The van der Waals surface area contributed by atoms with Gasteiger partial charge in [0, 0.05) is 0 Å². The van der Waals surface area contributed by atoms with Crippen LogP contribution in [0.4, 0.5) is 8.78 Å². The minimum atomic E-state index is -0.926. The minimum Gasteiger partial charge on any atom is -0.487 e. The molecular weight excluding hydrogens is 238 g/mol. The molecule has 0 aliphatic heterocycles. The van der Waals surface area contributed by atoms with Crippen LogP contribution in [0.3, 0.4) is 0 Å². The third-order valence-corrected chi connectivity index (χ3v) is 2.49. The lowest BCUT2D eigenvalue weighted by atomic mass is 10.1. The summed E-state index contributed by atoms with van der Waals surface area (Å²) in [6.45, 7) is -0.0907. The van der Waals surface area contributed by atoms with E-state index in [4.69, 9.17) is 4.74 Å². The van der Waals surface area contributed by atoms with Crippen molar-refractivity contribution in [1.29, 1.82) is 0 Å². The van der Waals surface area contributed by atoms with Gasteiger partial charge in [-0.05, 0) is 29.8 Å². The summed E-state index contributed by atoms with van der Waals surface area (Å²) in [5, 5.41) is 9.79. The van der Waals surface area contributed by atoms with Crippen molar-refractivity contribution < 1.29 is 18.6 Å². The summed E-state index contributed by atoms with van der Waals surface area (Å²) in [6.07, 6.45) is -0.926. The summed E-state index contributed by atoms with van der Waals surface area (Å²) >= 11 is 0. The first-order chi connectivity index (χ1) is 8.66. The molecule has 94 valence electrons. The van der Waals surface area contributed by atoms with Crippen LogP contribution in [0.1, 0.15) is 11.7 Å². The van der Waals surface area contributed by atoms with Gasteiger partial charge < -0.3 is 9.84 Å². The zero-order chi connectivity index (χ0) is 13.0. The highest BCUT2D eigenvalue weighted by atomic mass is 19.1. The van der Waals surface area contributed by atoms with Crippen LogP contribution in [0.5, 0.6) is 5.75 Å². The zero-order valence-corrected chi connectivity index (χ0v) is 9.51. The highest BCUT2D eigenvalue weighted by molar-refractivity contribution is 5.24. The van der Waals surface area contributed by atoms with E-state index in [0.29, 0.717) is 5.56 Å². The van der Waals surface area contributed by atoms with Crippen LogP contribution in [0.25, 0.3) is 0 Å². The van der Waals surface area contributed by atoms with Crippen LogP contribution in [-0.2, 0) is 0 Å². The van der Waals surface area contributed by atoms with E-state index in [0.717, 1.165) is 0 Å². The molecule has 0 aliphatic carbocycles. The van der Waals surface area contributed by atoms with Crippen LogP contribution in [0.15, 0.2) is 48.5 Å². The first-order valence-corrected chi connectivity index (χ1v) is 5.47. The second-order valence-electron chi connectivity index (χ2n) is 3.81. The molecule has 0 heterocycles. The lowest BCUT2D eigenvalue weighted by Crippen LogP contribution is -2.10. The van der Waals surface area contributed by atoms with E-state index >= 15 is 0 Å². The molecule has 1 atom stereocenters. The number of ether oxygens (including phenoxy) is 1. The predicted molar refractivity (Wildman–Crippen MR) is 63.3 cm³/mol. The molecule has 0 radical (unpaired) electrons. The smallest absolute Gasteiger partial charge is 0.165 e. The van der Waals surface area contributed by atoms with E-state index in [9.17, 15) is 13.9 Å². The van der Waals surface area contributed by atoms with Gasteiger partial charge in [-0.3, -0.25) is 0 Å². The Hall–Kier alpha value is -1.94. The molecule has 0 saturated heterocycles. The van der Waals surface area contributed by atoms with E-state index in [1.165, 1.54) is 36.4 Å². The normalized spacial score (nSPS) is 12.2. The number of aliphatic hydroxyl groups excluding tert-OH is 1. The number of benzene rings is 2. The molecule has 2 nitrogen and oxygen atoms in total. The van der Waals surface area contributed by atoms with Gasteiger partial charge in [0.1, 0.15) is 18.5 Å². The molecule has 0 spiro atoms. The summed E-state index contributed by atoms with van der Waals surface area (Å²) < 4.78 is 31.1. The number of rotatable bonds is 4. The van der Waals surface area contributed by atoms with E-state index in [1.54, 1.807) is 12.1 Å². The van der Waals surface area contributed by atoms with Gasteiger partial charge in [0.2, 0.25) is 0 Å². The third-order valence-electron chi connectivity index (χ3n) is 2.49. The molecule has 1 N–H and O–H groups in total. The molecule has 18 heavy (non-hydrogen) atoms. The quantitative estimate of drug-likeness (QED) is 0.903. The third kappa shape index (κ3) is 3.05. The Morgan fingerprint density at radius 1 is 1.00 bits per heavy atom. The molecule has 4 heteroatoms. The number of aliphatic hydroxyl groups is 1. The van der Waals surface area contributed by atoms with Crippen molar-refractivity contribution in [2.45, 2.75) is 6.10 Å². The molecule has 0 amide bonds. The van der Waals surface area contributed by atoms with E-state index in [2.05, 4.69) is 0 Å². The fourth-order valence-corrected chi connectivity index (χ4v) is 1.51. The van der Waals surface area contributed by atoms with Crippen molar-refractivity contribution in [2.24, 2.45) is 0 Å². The monoisotopic (exact) mass is 250 g/mol. The molecule has 0 saturated carbocycles. The highest BCUT2D eigenvalue weighted by Gasteiger charge is 2.10. The minimum absolute atomic E-state index is 0.0821. The average molecular weight is 250 g/mol. The fraction of sp³-hybridized carbons (Fsp3) is 0.143. The van der Waals surface area contributed by atoms with Gasteiger partial charge in [0.25, 0.3) is 0 Å². The topological polar surface area (TPSA) is 29.5 Å². The van der Waals surface area contributed by atoms with Crippen molar-refractivity contribution in [3.63, 3.8) is 0 Å². The second kappa shape index (κ2) is 5.60. The molecule has 2 aromatic rings. The molecule has 2 aromatic carbocycles. The molecule has 1 unspecified atom stereocenters. The summed E-state index contributed by atoms with van der Waals surface area (Å²) in [5.41, 5.74) is 0.521. The van der Waals surface area contributed by atoms with Crippen molar-refractivity contribution in [2.75, 3.05) is 6.61 Å². The van der Waals surface area contributed by atoms with Crippen LogP contribution in [0, 0.1) is 11.6 Å². The molecule has 0 aliphatic rings. The zero-order valence-electron chi connectivity index (χ0n) is 9.51. The maximum absolute atomic E-state index is 13.2. The number of hydrogen-bond acceptors (Lipinski definition) is 2. The fourth-order valence-electron chi connectivity index (χ4n) is 1.51. The Balaban J connectivity index is 1.98. The van der Waals surface area contributed by atoms with Gasteiger partial charge in [0.15, 0.2) is 11.6 Å². The summed E-state index contributed by atoms with van der Waals surface area (Å²) in [7, 11) is 0. The first kappa shape index (κ1) is 12.5. The van der Waals surface area contributed by atoms with Crippen molar-refractivity contribution in [3.8, 4) is 5.75 Å². The van der Waals surface area contributed by atoms with Gasteiger partial charge >= 0.3 is 0 Å². The standard InChI is InChI=1S/C14H12F2O2/c15-11-7-5-10(6-8-11)13(17)9-18-14-4-2-1-3-12(14)16/h1-8,13,17H,9H2. The predicted octanol–water partition coefficient (Wildman–Crippen LogP) is 3.08. The Bertz CT molecular complexity index is 511. The molecular formula is C14H12F2O2. The molecule has 0 bridgehead atoms. The Morgan fingerprint density at radius 2 is 1.67 bits per heavy atom. The van der Waals surface area contributed by atoms with Crippen LogP contribution in [0.2, 0.25) is 0 Å². The first-order valence-electron chi connectivity index (χ1n) is 5.47. The Labute approximate surface area is 103 Å². The lowest BCUT2D eigenvalue weighted by molar-refractivity contribution is 0.106. The number of hydrogen-bond donors (Lipinski definition) is 1. The lowest BCUT2D eigenvalue weighted by Gasteiger charge is -2.13. The van der Waals surface area contributed by atoms with Crippen LogP contribution < -0.4 is 4.74 Å². The van der Waals surface area contributed by atoms with Crippen LogP contribution >= 0.6 is 0 Å². The summed E-state index contributed by atoms with van der Waals surface area (Å²) in [4.78, 5) is 0. The van der Waals surface area contributed by atoms with Gasteiger partial charge in [-0.1, -0.05) is 24.3 Å². The van der Waals surface area contributed by atoms with Crippen molar-refractivity contribution in [3.05, 3.63) is 65.7 Å². The second-order valence-corrected chi connectivity index (χ2v) is 3.81. The maximum atomic E-state index is 13.2. The van der Waals surface area contributed by atoms with Crippen LogP contribution in [-0.4, -0.2) is 11.7 Å². The van der Waals surface area contributed by atoms with Gasteiger partial charge in [-0.2, -0.15) is 0 Å². The summed E-state index contributed by atoms with van der Waals surface area (Å²) in [5.74, 6) is -0.775. The van der Waals surface area contributed by atoms with E-state index < -0.39 is 11.9 Å². The molecule has 0 fully saturated rings. The van der Waals surface area contributed by atoms with E-state index in [-0.39, 0.29) is 18.2 Å².